The van der Waals surface area contributed by atoms with Gasteiger partial charge in [0, 0.05) is 12.3 Å². The molecule has 6 atom stereocenters. The molecule has 2 rings (SSSR count). The van der Waals surface area contributed by atoms with Gasteiger partial charge in [0.1, 0.15) is 17.6 Å². The Kier molecular flexibility index (Phi) is 7.29. The van der Waals surface area contributed by atoms with Gasteiger partial charge in [0.15, 0.2) is 6.23 Å². The molecule has 6 N–H and O–H groups in total. The van der Waals surface area contributed by atoms with Crippen molar-refractivity contribution in [2.24, 2.45) is 0 Å². The highest BCUT2D eigenvalue weighted by Gasteiger charge is 2.63. The number of nitrogens with one attached hydrogen (secondary N) is 1. The summed E-state index contributed by atoms with van der Waals surface area (Å²) in [5.74, 6) is -3.41. The van der Waals surface area contributed by atoms with Crippen molar-refractivity contribution in [2.75, 3.05) is 6.61 Å². The van der Waals surface area contributed by atoms with Crippen molar-refractivity contribution in [3.05, 3.63) is 33.1 Å². The minimum Gasteiger partial charge on any atom is -0.385 e. The number of aromatic amines is 1. The number of phosphoric acid groups is 3. The van der Waals surface area contributed by atoms with Crippen LogP contribution in [0, 0.1) is 0 Å². The maximum Gasteiger partial charge on any atom is 0.490 e. The number of phosphoric ester groups is 1. The van der Waals surface area contributed by atoms with Crippen LogP contribution in [0.2, 0.25) is 0 Å². The van der Waals surface area contributed by atoms with Crippen LogP contribution in [0.5, 0.6) is 0 Å². The fourth-order valence-electron chi connectivity index (χ4n) is 2.45. The van der Waals surface area contributed by atoms with Crippen LogP contribution in [-0.2, 0) is 31.6 Å². The smallest absolute Gasteiger partial charge is 0.385 e. The van der Waals surface area contributed by atoms with E-state index in [0.29, 0.717) is 4.57 Å². The number of nitrogens with zero attached hydrogens (tertiary/aromatic N) is 1. The highest BCUT2D eigenvalue weighted by atomic mass is 35.5. The Morgan fingerprint density at radius 2 is 1.81 bits per heavy atom. The monoisotopic (exact) mass is 534 g/mol. The van der Waals surface area contributed by atoms with Crippen LogP contribution in [-0.4, -0.2) is 57.7 Å². The third-order valence-electron chi connectivity index (χ3n) is 3.68. The summed E-state index contributed by atoms with van der Waals surface area (Å²) in [5.41, 5.74) is -1.91. The second-order valence-corrected chi connectivity index (χ2v) is 11.4. The third kappa shape index (κ3) is 6.39. The Morgan fingerprint density at radius 1 is 1.23 bits per heavy atom. The van der Waals surface area contributed by atoms with Gasteiger partial charge in [0.2, 0.25) is 0 Å². The van der Waals surface area contributed by atoms with Crippen LogP contribution in [0.15, 0.2) is 21.9 Å². The average molecular weight is 535 g/mol. The van der Waals surface area contributed by atoms with Gasteiger partial charge in [-0.3, -0.25) is 18.9 Å². The molecule has 1 fully saturated rings. The van der Waals surface area contributed by atoms with E-state index < -0.39 is 64.4 Å². The number of hydrogen-bond donors (Lipinski definition) is 6. The first-order chi connectivity index (χ1) is 13.8. The fraction of sp³-hybridized carbons (Fsp3) is 0.600. The lowest BCUT2D eigenvalue weighted by Gasteiger charge is -2.27. The van der Waals surface area contributed by atoms with Gasteiger partial charge in [0.05, 0.1) is 0 Å². The largest absolute Gasteiger partial charge is 0.490 e. The van der Waals surface area contributed by atoms with Crippen LogP contribution >= 0.6 is 35.1 Å². The molecule has 2 heterocycles. The zero-order valence-corrected chi connectivity index (χ0v) is 18.4. The number of alkyl halides is 2. The maximum atomic E-state index is 15.1. The first-order valence-electron chi connectivity index (χ1n) is 7.62. The van der Waals surface area contributed by atoms with Crippen LogP contribution in [0.3, 0.4) is 0 Å². The standard InChI is InChI=1S/C10H15ClFN2O14P3/c1-9(11)6(16)10(12,26-7(9)14-3-2-5(15)13-8(14)17)4-25-30(21,22)28-31(23,24)27-29(18,19)20/h2-3,6-7,16H,4H2,1H3,(H,21,22)(H,23,24)(H,13,15,17)(H2,18,19,20). The molecule has 0 amide bonds. The number of halogens is 2. The summed E-state index contributed by atoms with van der Waals surface area (Å²) in [6.07, 6.45) is -3.27. The maximum absolute atomic E-state index is 15.1. The Bertz CT molecular complexity index is 1100. The van der Waals surface area contributed by atoms with E-state index in [-0.39, 0.29) is 0 Å². The van der Waals surface area contributed by atoms with Crippen LogP contribution in [0.1, 0.15) is 13.2 Å². The molecule has 21 heteroatoms. The first kappa shape index (κ1) is 26.5. The number of aliphatic hydroxyl groups excluding tert-OH is 1. The molecule has 16 nitrogen and oxygen atoms in total. The van der Waals surface area contributed by atoms with E-state index in [1.807, 2.05) is 4.98 Å². The Balaban J connectivity index is 2.22. The fourth-order valence-corrected chi connectivity index (χ4v) is 5.79. The van der Waals surface area contributed by atoms with Crippen molar-refractivity contribution < 1.29 is 60.6 Å². The molecule has 0 spiro atoms. The first-order valence-corrected chi connectivity index (χ1v) is 12.5. The molecule has 1 saturated heterocycles. The summed E-state index contributed by atoms with van der Waals surface area (Å²) in [4.78, 5) is 58.2. The Morgan fingerprint density at radius 3 is 2.32 bits per heavy atom. The molecular weight excluding hydrogens is 519 g/mol. The topological polar surface area (TPSA) is 244 Å². The van der Waals surface area contributed by atoms with E-state index in [4.69, 9.17) is 31.0 Å². The molecule has 0 bridgehead atoms. The molecule has 6 unspecified atom stereocenters. The second-order valence-electron chi connectivity index (χ2n) is 6.19. The van der Waals surface area contributed by atoms with Gasteiger partial charge in [-0.1, -0.05) is 0 Å². The van der Waals surface area contributed by atoms with E-state index in [1.165, 1.54) is 0 Å². The number of hydrogen-bond acceptors (Lipinski definition) is 10. The summed E-state index contributed by atoms with van der Waals surface area (Å²) in [6.45, 7) is -0.664. The summed E-state index contributed by atoms with van der Waals surface area (Å²) in [7, 11) is -17.2. The van der Waals surface area contributed by atoms with Gasteiger partial charge in [0.25, 0.3) is 11.4 Å². The lowest BCUT2D eigenvalue weighted by atomic mass is 10.00. The highest BCUT2D eigenvalue weighted by Crippen LogP contribution is 2.66. The third-order valence-corrected chi connectivity index (χ3v) is 7.85. The van der Waals surface area contributed by atoms with E-state index in [1.54, 1.807) is 0 Å². The quantitative estimate of drug-likeness (QED) is 0.181. The molecule has 1 aliphatic heterocycles. The highest BCUT2D eigenvalue weighted by molar-refractivity contribution is 7.66. The zero-order valence-electron chi connectivity index (χ0n) is 15.0. The Hall–Kier alpha value is -0.770. The molecule has 178 valence electrons. The molecule has 1 aromatic rings. The zero-order chi connectivity index (χ0) is 24.0. The van der Waals surface area contributed by atoms with E-state index in [0.717, 1.165) is 19.2 Å². The molecule has 0 saturated carbocycles. The van der Waals surface area contributed by atoms with Gasteiger partial charge in [-0.25, -0.2) is 22.9 Å². The minimum absolute atomic E-state index is 0.601. The number of H-pyrrole nitrogens is 1. The molecule has 0 aliphatic carbocycles. The van der Waals surface area contributed by atoms with Gasteiger partial charge in [-0.2, -0.15) is 8.62 Å². The van der Waals surface area contributed by atoms with Gasteiger partial charge in [-0.15, -0.1) is 11.6 Å². The van der Waals surface area contributed by atoms with Crippen molar-refractivity contribution in [3.63, 3.8) is 0 Å². The minimum atomic E-state index is -5.86. The lowest BCUT2D eigenvalue weighted by Crippen LogP contribution is -2.46. The normalized spacial score (nSPS) is 33.0. The van der Waals surface area contributed by atoms with Gasteiger partial charge in [-0.05, 0) is 6.92 Å². The predicted molar refractivity (Wildman–Crippen MR) is 95.4 cm³/mol. The van der Waals surface area contributed by atoms with E-state index in [2.05, 4.69) is 13.1 Å². The van der Waals surface area contributed by atoms with Crippen LogP contribution in [0.25, 0.3) is 0 Å². The molecule has 1 aromatic heterocycles. The van der Waals surface area contributed by atoms with Gasteiger partial charge < -0.3 is 29.4 Å². The number of aliphatic hydroxyl groups is 1. The number of rotatable bonds is 8. The lowest BCUT2D eigenvalue weighted by molar-refractivity contribution is -0.204. The van der Waals surface area contributed by atoms with Crippen molar-refractivity contribution in [1.29, 1.82) is 0 Å². The Labute approximate surface area is 175 Å². The molecule has 31 heavy (non-hydrogen) atoms. The van der Waals surface area contributed by atoms with E-state index in [9.17, 15) is 33.3 Å². The second kappa shape index (κ2) is 8.54. The van der Waals surface area contributed by atoms with Crippen molar-refractivity contribution >= 4 is 35.1 Å². The van der Waals surface area contributed by atoms with E-state index >= 15 is 4.39 Å². The SMILES string of the molecule is CC1(Cl)C(n2ccc(=O)[nH]c2=O)OC(F)(COP(=O)(O)OP(=O)(O)OP(=O)(O)O)C1O. The van der Waals surface area contributed by atoms with Crippen LogP contribution < -0.4 is 11.2 Å². The average Bonchev–Trinajstić information content (AvgIpc) is 2.71. The molecule has 0 aromatic carbocycles. The van der Waals surface area contributed by atoms with Gasteiger partial charge >= 0.3 is 29.2 Å². The van der Waals surface area contributed by atoms with Crippen molar-refractivity contribution in [3.8, 4) is 0 Å². The molecule has 0 radical (unpaired) electrons. The summed E-state index contributed by atoms with van der Waals surface area (Å²) < 4.78 is 65.3. The van der Waals surface area contributed by atoms with Crippen molar-refractivity contribution in [1.82, 2.24) is 9.55 Å². The number of aromatic nitrogens is 2. The summed E-state index contributed by atoms with van der Waals surface area (Å²) in [5, 5.41) is 10.2. The summed E-state index contributed by atoms with van der Waals surface area (Å²) >= 11 is 6.07. The predicted octanol–water partition coefficient (Wildman–Crippen LogP) is -0.567. The number of ether oxygens (including phenoxy) is 1. The molecule has 1 aliphatic rings. The molecular formula is C10H15ClFN2O14P3. The van der Waals surface area contributed by atoms with Crippen molar-refractivity contribution in [2.45, 2.75) is 30.0 Å². The summed E-state index contributed by atoms with van der Waals surface area (Å²) in [6, 6.07) is 0.856. The van der Waals surface area contributed by atoms with Crippen LogP contribution in [0.4, 0.5) is 4.39 Å².